The second-order valence-electron chi connectivity index (χ2n) is 3.28. The third kappa shape index (κ3) is 2.96. The van der Waals surface area contributed by atoms with Crippen molar-refractivity contribution < 1.29 is 9.90 Å². The lowest BCUT2D eigenvalue weighted by molar-refractivity contribution is -0.136. The van der Waals surface area contributed by atoms with Crippen LogP contribution in [0.2, 0.25) is 5.28 Å². The molecule has 1 N–H and O–H groups in total. The van der Waals surface area contributed by atoms with Gasteiger partial charge in [0.1, 0.15) is 0 Å². The van der Waals surface area contributed by atoms with Crippen LogP contribution in [-0.2, 0) is 11.2 Å². The van der Waals surface area contributed by atoms with Crippen LogP contribution in [0.1, 0.15) is 31.2 Å². The van der Waals surface area contributed by atoms with Gasteiger partial charge in [0.2, 0.25) is 5.28 Å². The van der Waals surface area contributed by atoms with Gasteiger partial charge in [-0.2, -0.15) is 0 Å². The molecule has 5 heteroatoms. The molecule has 0 aliphatic rings. The number of carboxylic acid groups (broad SMARTS) is 1. The van der Waals surface area contributed by atoms with Crippen molar-refractivity contribution in [1.29, 1.82) is 0 Å². The monoisotopic (exact) mass is 214 g/mol. The molecule has 0 saturated carbocycles. The summed E-state index contributed by atoms with van der Waals surface area (Å²) in [6.07, 6.45) is -0.123. The van der Waals surface area contributed by atoms with E-state index in [0.717, 1.165) is 5.69 Å². The number of halogens is 1. The molecule has 1 heterocycles. The Morgan fingerprint density at radius 3 is 2.71 bits per heavy atom. The van der Waals surface area contributed by atoms with E-state index in [9.17, 15) is 4.79 Å². The standard InChI is InChI=1S/C9H11ClN2O2/c1-5(2)7-3-6(4-8(13)14)11-9(10)12-7/h3,5H,4H2,1-2H3,(H,13,14). The largest absolute Gasteiger partial charge is 0.481 e. The molecule has 0 saturated heterocycles. The molecule has 0 amide bonds. The van der Waals surface area contributed by atoms with Gasteiger partial charge in [-0.1, -0.05) is 13.8 Å². The summed E-state index contributed by atoms with van der Waals surface area (Å²) < 4.78 is 0. The van der Waals surface area contributed by atoms with Crippen LogP contribution >= 0.6 is 11.6 Å². The molecule has 0 radical (unpaired) electrons. The summed E-state index contributed by atoms with van der Waals surface area (Å²) in [7, 11) is 0. The predicted molar refractivity (Wildman–Crippen MR) is 52.5 cm³/mol. The number of aromatic nitrogens is 2. The third-order valence-electron chi connectivity index (χ3n) is 1.70. The summed E-state index contributed by atoms with van der Waals surface area (Å²) in [4.78, 5) is 18.3. The molecule has 0 bridgehead atoms. The predicted octanol–water partition coefficient (Wildman–Crippen LogP) is 1.88. The van der Waals surface area contributed by atoms with E-state index < -0.39 is 5.97 Å². The molecule has 0 aromatic carbocycles. The number of carboxylic acids is 1. The van der Waals surface area contributed by atoms with Gasteiger partial charge in [0.15, 0.2) is 0 Å². The highest BCUT2D eigenvalue weighted by Crippen LogP contribution is 2.15. The lowest BCUT2D eigenvalue weighted by atomic mass is 10.1. The Hall–Kier alpha value is -1.16. The van der Waals surface area contributed by atoms with Gasteiger partial charge in [-0.3, -0.25) is 4.79 Å². The van der Waals surface area contributed by atoms with Crippen LogP contribution in [0.15, 0.2) is 6.07 Å². The second-order valence-corrected chi connectivity index (χ2v) is 3.62. The first-order valence-corrected chi connectivity index (χ1v) is 4.62. The van der Waals surface area contributed by atoms with E-state index in [-0.39, 0.29) is 17.6 Å². The number of carbonyl (C=O) groups is 1. The van der Waals surface area contributed by atoms with Gasteiger partial charge in [-0.05, 0) is 23.6 Å². The fraction of sp³-hybridized carbons (Fsp3) is 0.444. The molecule has 1 aromatic heterocycles. The first-order chi connectivity index (χ1) is 6.49. The minimum absolute atomic E-state index is 0.104. The SMILES string of the molecule is CC(C)c1cc(CC(=O)O)nc(Cl)n1. The second kappa shape index (κ2) is 4.37. The molecule has 0 atom stereocenters. The summed E-state index contributed by atoms with van der Waals surface area (Å²) in [6, 6.07) is 1.67. The third-order valence-corrected chi connectivity index (χ3v) is 1.86. The summed E-state index contributed by atoms with van der Waals surface area (Å²) in [5, 5.41) is 8.69. The van der Waals surface area contributed by atoms with Crippen molar-refractivity contribution in [3.63, 3.8) is 0 Å². The van der Waals surface area contributed by atoms with Gasteiger partial charge in [0.05, 0.1) is 12.1 Å². The van der Waals surface area contributed by atoms with E-state index in [4.69, 9.17) is 16.7 Å². The summed E-state index contributed by atoms with van der Waals surface area (Å²) in [5.41, 5.74) is 1.21. The first-order valence-electron chi connectivity index (χ1n) is 4.24. The van der Waals surface area contributed by atoms with E-state index in [1.807, 2.05) is 13.8 Å². The molecular formula is C9H11ClN2O2. The van der Waals surface area contributed by atoms with E-state index in [1.54, 1.807) is 6.07 Å². The molecule has 0 spiro atoms. The smallest absolute Gasteiger partial charge is 0.309 e. The normalized spacial score (nSPS) is 10.6. The number of nitrogens with zero attached hydrogens (tertiary/aromatic N) is 2. The molecular weight excluding hydrogens is 204 g/mol. The van der Waals surface area contributed by atoms with Crippen molar-refractivity contribution in [1.82, 2.24) is 9.97 Å². The number of hydrogen-bond donors (Lipinski definition) is 1. The molecule has 14 heavy (non-hydrogen) atoms. The first kappa shape index (κ1) is 10.9. The van der Waals surface area contributed by atoms with Gasteiger partial charge >= 0.3 is 5.97 Å². The molecule has 0 fully saturated rings. The van der Waals surface area contributed by atoms with Gasteiger partial charge in [0.25, 0.3) is 0 Å². The summed E-state index contributed by atoms with van der Waals surface area (Å²) >= 11 is 5.66. The molecule has 0 unspecified atom stereocenters. The molecule has 0 aliphatic carbocycles. The van der Waals surface area contributed by atoms with Crippen molar-refractivity contribution in [3.8, 4) is 0 Å². The Morgan fingerprint density at radius 1 is 1.57 bits per heavy atom. The van der Waals surface area contributed by atoms with Crippen molar-refractivity contribution in [2.75, 3.05) is 0 Å². The Labute approximate surface area is 87.0 Å². The minimum atomic E-state index is -0.922. The van der Waals surface area contributed by atoms with E-state index in [0.29, 0.717) is 5.69 Å². The Morgan fingerprint density at radius 2 is 2.21 bits per heavy atom. The average molecular weight is 215 g/mol. The van der Waals surface area contributed by atoms with Crippen LogP contribution < -0.4 is 0 Å². The Bertz CT molecular complexity index is 353. The maximum Gasteiger partial charge on any atom is 0.309 e. The van der Waals surface area contributed by atoms with E-state index in [2.05, 4.69) is 9.97 Å². The van der Waals surface area contributed by atoms with Crippen molar-refractivity contribution in [2.24, 2.45) is 0 Å². The van der Waals surface area contributed by atoms with Crippen molar-refractivity contribution >= 4 is 17.6 Å². The van der Waals surface area contributed by atoms with E-state index >= 15 is 0 Å². The van der Waals surface area contributed by atoms with E-state index in [1.165, 1.54) is 0 Å². The fourth-order valence-electron chi connectivity index (χ4n) is 1.03. The van der Waals surface area contributed by atoms with Crippen LogP contribution in [0.5, 0.6) is 0 Å². The van der Waals surface area contributed by atoms with Gasteiger partial charge < -0.3 is 5.11 Å². The number of hydrogen-bond acceptors (Lipinski definition) is 3. The van der Waals surface area contributed by atoms with Gasteiger partial charge in [-0.25, -0.2) is 9.97 Å². The zero-order valence-corrected chi connectivity index (χ0v) is 8.75. The minimum Gasteiger partial charge on any atom is -0.481 e. The number of aliphatic carboxylic acids is 1. The highest BCUT2D eigenvalue weighted by atomic mass is 35.5. The van der Waals surface area contributed by atoms with Crippen LogP contribution in [0.3, 0.4) is 0 Å². The maximum absolute atomic E-state index is 10.5. The summed E-state index contributed by atoms with van der Waals surface area (Å²) in [5.74, 6) is -0.711. The molecule has 4 nitrogen and oxygen atoms in total. The van der Waals surface area contributed by atoms with Crippen molar-refractivity contribution in [2.45, 2.75) is 26.2 Å². The molecule has 1 aromatic rings. The Balaban J connectivity index is 3.01. The topological polar surface area (TPSA) is 63.1 Å². The van der Waals surface area contributed by atoms with Gasteiger partial charge in [0, 0.05) is 5.69 Å². The highest BCUT2D eigenvalue weighted by Gasteiger charge is 2.08. The van der Waals surface area contributed by atoms with Crippen LogP contribution in [0.25, 0.3) is 0 Å². The molecule has 0 aliphatic heterocycles. The summed E-state index contributed by atoms with van der Waals surface area (Å²) in [6.45, 7) is 3.92. The average Bonchev–Trinajstić information content (AvgIpc) is 2.01. The lowest BCUT2D eigenvalue weighted by Gasteiger charge is -2.05. The van der Waals surface area contributed by atoms with Gasteiger partial charge in [-0.15, -0.1) is 0 Å². The number of rotatable bonds is 3. The molecule has 76 valence electrons. The van der Waals surface area contributed by atoms with Crippen LogP contribution in [0.4, 0.5) is 0 Å². The zero-order chi connectivity index (χ0) is 10.7. The maximum atomic E-state index is 10.5. The lowest BCUT2D eigenvalue weighted by Crippen LogP contribution is -2.05. The van der Waals surface area contributed by atoms with Crippen LogP contribution in [-0.4, -0.2) is 21.0 Å². The molecule has 1 rings (SSSR count). The Kier molecular flexibility index (Phi) is 3.41. The zero-order valence-electron chi connectivity index (χ0n) is 7.99. The highest BCUT2D eigenvalue weighted by molar-refractivity contribution is 6.28. The fourth-order valence-corrected chi connectivity index (χ4v) is 1.23. The van der Waals surface area contributed by atoms with Crippen LogP contribution in [0, 0.1) is 0 Å². The quantitative estimate of drug-likeness (QED) is 0.781. The van der Waals surface area contributed by atoms with Crippen molar-refractivity contribution in [3.05, 3.63) is 22.7 Å².